The molecule has 1 heterocycles. The quantitative estimate of drug-likeness (QED) is 0.831. The van der Waals surface area contributed by atoms with Gasteiger partial charge in [0.15, 0.2) is 0 Å². The molecule has 0 aliphatic rings. The van der Waals surface area contributed by atoms with Crippen molar-refractivity contribution in [3.05, 3.63) is 59.3 Å². The van der Waals surface area contributed by atoms with Crippen molar-refractivity contribution in [3.8, 4) is 0 Å². The average Bonchev–Trinajstić information content (AvgIpc) is 2.80. The van der Waals surface area contributed by atoms with Crippen molar-refractivity contribution in [2.75, 3.05) is 0 Å². The fraction of sp³-hybridized carbons (Fsp3) is 0.154. The van der Waals surface area contributed by atoms with E-state index in [0.717, 1.165) is 0 Å². The molecule has 0 radical (unpaired) electrons. The molecule has 94 valence electrons. The molecule has 1 aromatic carbocycles. The van der Waals surface area contributed by atoms with Gasteiger partial charge in [0.05, 0.1) is 5.75 Å². The summed E-state index contributed by atoms with van der Waals surface area (Å²) in [6.45, 7) is 0. The highest BCUT2D eigenvalue weighted by atomic mass is 32.2. The topological polar surface area (TPSA) is 53.3 Å². The Morgan fingerprint density at radius 1 is 1.22 bits per heavy atom. The van der Waals surface area contributed by atoms with Gasteiger partial charge < -0.3 is 14.3 Å². The Bertz CT molecular complexity index is 551. The minimum Gasteiger partial charge on any atom is -0.542 e. The summed E-state index contributed by atoms with van der Waals surface area (Å²) in [5.41, 5.74) is 0.620. The Hall–Kier alpha value is -1.75. The van der Waals surface area contributed by atoms with Crippen molar-refractivity contribution in [1.82, 2.24) is 0 Å². The first-order valence-electron chi connectivity index (χ1n) is 5.28. The number of carbonyl (C=O) groups excluding carboxylic acids is 1. The average molecular weight is 265 g/mol. The third kappa shape index (κ3) is 3.13. The molecular weight excluding hydrogens is 255 g/mol. The van der Waals surface area contributed by atoms with Crippen LogP contribution in [-0.4, -0.2) is 5.97 Å². The molecule has 0 atom stereocenters. The highest BCUT2D eigenvalue weighted by Gasteiger charge is 2.04. The summed E-state index contributed by atoms with van der Waals surface area (Å²) in [6, 6.07) is 9.49. The Labute approximate surface area is 108 Å². The Morgan fingerprint density at radius 3 is 2.67 bits per heavy atom. The van der Waals surface area contributed by atoms with E-state index in [4.69, 9.17) is 4.42 Å². The fourth-order valence-electron chi connectivity index (χ4n) is 1.44. The number of carboxylic acids is 1. The number of hydrogen-bond acceptors (Lipinski definition) is 4. The fourth-order valence-corrected chi connectivity index (χ4v) is 2.35. The van der Waals surface area contributed by atoms with Crippen LogP contribution in [0.15, 0.2) is 40.8 Å². The number of furan rings is 1. The van der Waals surface area contributed by atoms with Crippen molar-refractivity contribution in [2.24, 2.45) is 0 Å². The molecule has 3 nitrogen and oxygen atoms in total. The lowest BCUT2D eigenvalue weighted by molar-refractivity contribution is -0.257. The van der Waals surface area contributed by atoms with E-state index in [1.165, 1.54) is 23.9 Å². The maximum absolute atomic E-state index is 13.3. The summed E-state index contributed by atoms with van der Waals surface area (Å²) < 4.78 is 18.3. The van der Waals surface area contributed by atoms with Gasteiger partial charge in [-0.05, 0) is 23.8 Å². The molecule has 0 aliphatic heterocycles. The van der Waals surface area contributed by atoms with Crippen LogP contribution in [0.4, 0.5) is 4.39 Å². The number of aromatic carboxylic acids is 1. The molecule has 0 bridgehead atoms. The van der Waals surface area contributed by atoms with Gasteiger partial charge in [-0.25, -0.2) is 4.39 Å². The van der Waals surface area contributed by atoms with Gasteiger partial charge in [-0.1, -0.05) is 18.2 Å². The zero-order valence-corrected chi connectivity index (χ0v) is 10.2. The molecule has 0 N–H and O–H groups in total. The SMILES string of the molecule is O=C([O-])c1ccc(CSCc2ccccc2F)o1. The zero-order valence-electron chi connectivity index (χ0n) is 9.39. The van der Waals surface area contributed by atoms with E-state index in [9.17, 15) is 14.3 Å². The molecule has 18 heavy (non-hydrogen) atoms. The maximum atomic E-state index is 13.3. The summed E-state index contributed by atoms with van der Waals surface area (Å²) in [6.07, 6.45) is 0. The number of thioether (sulfide) groups is 1. The molecule has 0 fully saturated rings. The number of rotatable bonds is 5. The van der Waals surface area contributed by atoms with Gasteiger partial charge in [0.2, 0.25) is 0 Å². The largest absolute Gasteiger partial charge is 0.542 e. The van der Waals surface area contributed by atoms with E-state index < -0.39 is 5.97 Å². The van der Waals surface area contributed by atoms with Gasteiger partial charge in [-0.15, -0.1) is 11.8 Å². The molecule has 2 aromatic rings. The Morgan fingerprint density at radius 2 is 2.00 bits per heavy atom. The first-order valence-corrected chi connectivity index (χ1v) is 6.43. The number of benzene rings is 1. The van der Waals surface area contributed by atoms with Crippen LogP contribution in [0.25, 0.3) is 0 Å². The van der Waals surface area contributed by atoms with Gasteiger partial charge in [-0.3, -0.25) is 0 Å². The zero-order chi connectivity index (χ0) is 13.0. The van der Waals surface area contributed by atoms with Gasteiger partial charge in [0.25, 0.3) is 0 Å². The lowest BCUT2D eigenvalue weighted by atomic mass is 10.2. The van der Waals surface area contributed by atoms with E-state index in [0.29, 0.717) is 22.8 Å². The maximum Gasteiger partial charge on any atom is 0.149 e. The van der Waals surface area contributed by atoms with E-state index in [1.54, 1.807) is 24.3 Å². The van der Waals surface area contributed by atoms with Crippen molar-refractivity contribution in [3.63, 3.8) is 0 Å². The van der Waals surface area contributed by atoms with Crippen LogP contribution in [0.5, 0.6) is 0 Å². The van der Waals surface area contributed by atoms with Gasteiger partial charge in [0.1, 0.15) is 23.3 Å². The van der Waals surface area contributed by atoms with Gasteiger partial charge in [-0.2, -0.15) is 0 Å². The Balaban J connectivity index is 1.88. The third-order valence-corrected chi connectivity index (χ3v) is 3.33. The molecule has 1 aromatic heterocycles. The normalized spacial score (nSPS) is 10.5. The van der Waals surface area contributed by atoms with Gasteiger partial charge in [0, 0.05) is 5.75 Å². The summed E-state index contributed by atoms with van der Waals surface area (Å²) in [5.74, 6) is -0.220. The number of hydrogen-bond donors (Lipinski definition) is 0. The van der Waals surface area contributed by atoms with Crippen LogP contribution in [0.2, 0.25) is 0 Å². The second-order valence-electron chi connectivity index (χ2n) is 3.64. The van der Waals surface area contributed by atoms with Crippen molar-refractivity contribution in [2.45, 2.75) is 11.5 Å². The highest BCUT2D eigenvalue weighted by molar-refractivity contribution is 7.97. The van der Waals surface area contributed by atoms with Crippen molar-refractivity contribution >= 4 is 17.7 Å². The smallest absolute Gasteiger partial charge is 0.149 e. The minimum absolute atomic E-state index is 0.184. The third-order valence-electron chi connectivity index (χ3n) is 2.32. The highest BCUT2D eigenvalue weighted by Crippen LogP contribution is 2.20. The first-order chi connectivity index (χ1) is 8.66. The van der Waals surface area contributed by atoms with E-state index >= 15 is 0 Å². The molecular formula is C13H10FO3S-. The molecule has 0 saturated heterocycles. The lowest BCUT2D eigenvalue weighted by Crippen LogP contribution is -2.21. The predicted octanol–water partition coefficient (Wildman–Crippen LogP) is 2.22. The molecule has 0 aliphatic carbocycles. The number of carboxylic acid groups (broad SMARTS) is 1. The second-order valence-corrected chi connectivity index (χ2v) is 4.62. The standard InChI is InChI=1S/C13H11FO3S/c14-11-4-2-1-3-9(11)7-18-8-10-5-6-12(17-10)13(15)16/h1-6H,7-8H2,(H,15,16)/p-1. The van der Waals surface area contributed by atoms with Crippen LogP contribution >= 0.6 is 11.8 Å². The Kier molecular flexibility index (Phi) is 4.04. The van der Waals surface area contributed by atoms with Crippen molar-refractivity contribution in [1.29, 1.82) is 0 Å². The predicted molar refractivity (Wildman–Crippen MR) is 64.4 cm³/mol. The van der Waals surface area contributed by atoms with E-state index in [-0.39, 0.29) is 11.6 Å². The van der Waals surface area contributed by atoms with Crippen LogP contribution < -0.4 is 5.11 Å². The molecule has 2 rings (SSSR count). The monoisotopic (exact) mass is 265 g/mol. The van der Waals surface area contributed by atoms with Crippen LogP contribution in [0.3, 0.4) is 0 Å². The molecule has 0 saturated carbocycles. The molecule has 0 spiro atoms. The number of carbonyl (C=O) groups is 1. The van der Waals surface area contributed by atoms with Crippen LogP contribution in [-0.2, 0) is 11.5 Å². The second kappa shape index (κ2) is 5.73. The molecule has 0 amide bonds. The summed E-state index contributed by atoms with van der Waals surface area (Å²) in [4.78, 5) is 10.5. The van der Waals surface area contributed by atoms with Gasteiger partial charge >= 0.3 is 0 Å². The minimum atomic E-state index is -1.33. The summed E-state index contributed by atoms with van der Waals surface area (Å²) >= 11 is 1.45. The van der Waals surface area contributed by atoms with Crippen molar-refractivity contribution < 1.29 is 18.7 Å². The summed E-state index contributed by atoms with van der Waals surface area (Å²) in [5, 5.41) is 10.5. The summed E-state index contributed by atoms with van der Waals surface area (Å²) in [7, 11) is 0. The lowest BCUT2D eigenvalue weighted by Gasteiger charge is -2.02. The number of halogens is 1. The van der Waals surface area contributed by atoms with Crippen LogP contribution in [0, 0.1) is 5.82 Å². The van der Waals surface area contributed by atoms with E-state index in [1.807, 2.05) is 0 Å². The molecule has 0 unspecified atom stereocenters. The first kappa shape index (κ1) is 12.7. The molecule has 5 heteroatoms. The van der Waals surface area contributed by atoms with Crippen LogP contribution in [0.1, 0.15) is 21.9 Å². The van der Waals surface area contributed by atoms with E-state index in [2.05, 4.69) is 0 Å².